The Hall–Kier alpha value is -3.87. The Bertz CT molecular complexity index is 1850. The summed E-state index contributed by atoms with van der Waals surface area (Å²) in [4.78, 5) is 14.2. The molecule has 0 spiro atoms. The molecule has 3 aromatic rings. The molecule has 20 heteroatoms. The molecule has 11 N–H and O–H groups in total. The predicted molar refractivity (Wildman–Crippen MR) is 176 cm³/mol. The zero-order valence-electron chi connectivity index (χ0n) is 28.8. The van der Waals surface area contributed by atoms with Gasteiger partial charge in [-0.25, -0.2) is 0 Å². The van der Waals surface area contributed by atoms with Crippen molar-refractivity contribution < 1.29 is 93.7 Å². The van der Waals surface area contributed by atoms with Gasteiger partial charge < -0.3 is 93.7 Å². The maximum absolute atomic E-state index is 14.2. The van der Waals surface area contributed by atoms with Gasteiger partial charge >= 0.3 is 0 Å². The summed E-state index contributed by atoms with van der Waals surface area (Å²) < 4.78 is 45.6. The van der Waals surface area contributed by atoms with E-state index < -0.39 is 127 Å². The lowest BCUT2D eigenvalue weighted by atomic mass is 9.97. The molecule has 2 aromatic carbocycles. The number of benzene rings is 2. The van der Waals surface area contributed by atoms with Gasteiger partial charge in [-0.3, -0.25) is 4.79 Å². The summed E-state index contributed by atoms with van der Waals surface area (Å²) in [6, 6.07) is 5.69. The molecule has 0 bridgehead atoms. The number of phenolic OH excluding ortho intramolecular Hbond substituents is 3. The third-order valence-electron chi connectivity index (χ3n) is 9.57. The molecule has 0 unspecified atom stereocenters. The lowest BCUT2D eigenvalue weighted by molar-refractivity contribution is -0.360. The summed E-state index contributed by atoms with van der Waals surface area (Å²) in [7, 11) is 1.26. The summed E-state index contributed by atoms with van der Waals surface area (Å²) in [5.41, 5.74) is -1.31. The molecule has 1 aromatic heterocycles. The van der Waals surface area contributed by atoms with Crippen LogP contribution in [-0.2, 0) is 23.7 Å². The van der Waals surface area contributed by atoms with Crippen LogP contribution in [0.25, 0.3) is 22.3 Å². The molecule has 0 radical (unpaired) electrons. The number of hydrogen-bond acceptors (Lipinski definition) is 20. The second-order valence-corrected chi connectivity index (χ2v) is 13.3. The average molecular weight is 771 g/mol. The fourth-order valence-corrected chi connectivity index (χ4v) is 6.40. The van der Waals surface area contributed by atoms with Crippen molar-refractivity contribution in [2.24, 2.45) is 0 Å². The molecule has 3 saturated heterocycles. The lowest BCUT2D eigenvalue weighted by Crippen LogP contribution is -2.65. The average Bonchev–Trinajstić information content (AvgIpc) is 3.13. The minimum Gasteiger partial charge on any atom is -0.508 e. The van der Waals surface area contributed by atoms with Crippen molar-refractivity contribution >= 4 is 11.0 Å². The number of aromatic hydroxyl groups is 3. The second-order valence-electron chi connectivity index (χ2n) is 13.3. The van der Waals surface area contributed by atoms with Gasteiger partial charge in [0.05, 0.1) is 25.9 Å². The molecule has 0 aliphatic carbocycles. The van der Waals surface area contributed by atoms with Gasteiger partial charge in [-0.05, 0) is 32.0 Å². The fourth-order valence-electron chi connectivity index (χ4n) is 6.40. The molecular formula is C34H42O20. The molecule has 54 heavy (non-hydrogen) atoms. The van der Waals surface area contributed by atoms with Crippen LogP contribution in [0.2, 0.25) is 0 Å². The van der Waals surface area contributed by atoms with Gasteiger partial charge in [0, 0.05) is 17.7 Å². The van der Waals surface area contributed by atoms with Gasteiger partial charge in [0.1, 0.15) is 77.4 Å². The highest BCUT2D eigenvalue weighted by Gasteiger charge is 2.52. The summed E-state index contributed by atoms with van der Waals surface area (Å²) in [6.45, 7) is 2.09. The Morgan fingerprint density at radius 2 is 1.31 bits per heavy atom. The smallest absolute Gasteiger partial charge is 0.239 e. The Morgan fingerprint density at radius 1 is 0.685 bits per heavy atom. The number of hydrogen-bond donors (Lipinski definition) is 11. The molecule has 15 atom stereocenters. The van der Waals surface area contributed by atoms with Crippen molar-refractivity contribution in [1.82, 2.24) is 0 Å². The number of aliphatic hydroxyl groups is 8. The lowest BCUT2D eigenvalue weighted by Gasteiger charge is -2.46. The highest BCUT2D eigenvalue weighted by Crippen LogP contribution is 2.40. The van der Waals surface area contributed by atoms with Crippen LogP contribution < -0.4 is 14.9 Å². The molecule has 4 heterocycles. The third-order valence-corrected chi connectivity index (χ3v) is 9.57. The van der Waals surface area contributed by atoms with E-state index in [1.165, 1.54) is 39.2 Å². The van der Waals surface area contributed by atoms with E-state index in [4.69, 9.17) is 37.6 Å². The van der Waals surface area contributed by atoms with E-state index in [0.29, 0.717) is 0 Å². The standard InChI is InChI=1S/C34H42O20/c1-10-20(38)24(42)27(45)32(49-10)48-9-18-22(40)26(44)31(54-33-28(46)25(43)21(39)11(2)50-33)34(52-18)53-30-23(41)19-15(37)7-13(35)8-17(19)51-29(30)12-4-5-14(36)16(6-12)47-3/h4-8,10-11,18,20-22,24-28,31-40,42-46H,9H2,1-3H3/t10-,11-,18+,20-,21-,22-,24-,25+,26-,27+,28-,31-,32+,33-,34-/m0/s1. The molecule has 3 aliphatic rings. The number of aliphatic hydroxyl groups excluding tert-OH is 8. The highest BCUT2D eigenvalue weighted by molar-refractivity contribution is 5.88. The van der Waals surface area contributed by atoms with Crippen LogP contribution in [0.5, 0.6) is 28.7 Å². The van der Waals surface area contributed by atoms with Crippen molar-refractivity contribution in [2.45, 2.75) is 106 Å². The first kappa shape index (κ1) is 39.8. The zero-order valence-corrected chi connectivity index (χ0v) is 28.8. The third kappa shape index (κ3) is 7.41. The maximum Gasteiger partial charge on any atom is 0.239 e. The largest absolute Gasteiger partial charge is 0.508 e. The number of phenols is 3. The SMILES string of the molecule is COc1cc(-c2oc3cc(O)cc(O)c3c(=O)c2O[C@@H]2O[C@H](CO[C@@H]3O[C@@H](C)[C@H](O)[C@H](O)[C@H]3O)[C@H](O)[C@H](O)[C@@H]2O[C@@H]2O[C@@H](C)[C@H](O)[C@@H](O)[C@@H]2O)ccc1O. The monoisotopic (exact) mass is 770 g/mol. The molecule has 0 saturated carbocycles. The summed E-state index contributed by atoms with van der Waals surface area (Å²) in [5, 5.41) is 115. The second kappa shape index (κ2) is 15.7. The summed E-state index contributed by atoms with van der Waals surface area (Å²) >= 11 is 0. The topological polar surface area (TPSA) is 317 Å². The van der Waals surface area contributed by atoms with Gasteiger partial charge in [0.25, 0.3) is 0 Å². The van der Waals surface area contributed by atoms with Crippen LogP contribution in [0.15, 0.2) is 39.5 Å². The minimum absolute atomic E-state index is 0.0468. The van der Waals surface area contributed by atoms with E-state index in [-0.39, 0.29) is 28.4 Å². The van der Waals surface area contributed by atoms with E-state index in [1.807, 2.05) is 0 Å². The predicted octanol–water partition coefficient (Wildman–Crippen LogP) is -2.53. The highest BCUT2D eigenvalue weighted by atomic mass is 16.8. The van der Waals surface area contributed by atoms with Crippen LogP contribution in [-0.4, -0.2) is 162 Å². The van der Waals surface area contributed by atoms with E-state index in [0.717, 1.165) is 12.1 Å². The summed E-state index contributed by atoms with van der Waals surface area (Å²) in [6.07, 6.45) is -24.9. The van der Waals surface area contributed by atoms with Crippen LogP contribution >= 0.6 is 0 Å². The quantitative estimate of drug-likeness (QED) is 0.107. The van der Waals surface area contributed by atoms with Crippen LogP contribution in [0.4, 0.5) is 0 Å². The molecule has 3 aliphatic heterocycles. The number of methoxy groups -OCH3 is 1. The van der Waals surface area contributed by atoms with Gasteiger partial charge in [0.15, 0.2) is 35.9 Å². The molecule has 0 amide bonds. The van der Waals surface area contributed by atoms with E-state index >= 15 is 0 Å². The normalized spacial score (nSPS) is 37.3. The van der Waals surface area contributed by atoms with Gasteiger partial charge in [-0.15, -0.1) is 0 Å². The first-order valence-electron chi connectivity index (χ1n) is 16.8. The first-order chi connectivity index (χ1) is 25.5. The van der Waals surface area contributed by atoms with Gasteiger partial charge in [-0.2, -0.15) is 0 Å². The molecular weight excluding hydrogens is 728 g/mol. The number of fused-ring (bicyclic) bond motifs is 1. The number of ether oxygens (including phenoxy) is 7. The van der Waals surface area contributed by atoms with E-state index in [2.05, 4.69) is 0 Å². The van der Waals surface area contributed by atoms with Crippen molar-refractivity contribution in [3.63, 3.8) is 0 Å². The van der Waals surface area contributed by atoms with Gasteiger partial charge in [-0.1, -0.05) is 0 Å². The number of rotatable bonds is 9. The van der Waals surface area contributed by atoms with Crippen LogP contribution in [0.1, 0.15) is 13.8 Å². The molecule has 20 nitrogen and oxygen atoms in total. The Balaban J connectivity index is 1.41. The first-order valence-corrected chi connectivity index (χ1v) is 16.8. The van der Waals surface area contributed by atoms with E-state index in [9.17, 15) is 61.0 Å². The Kier molecular flexibility index (Phi) is 11.6. The van der Waals surface area contributed by atoms with Crippen LogP contribution in [0.3, 0.4) is 0 Å². The van der Waals surface area contributed by atoms with Crippen molar-refractivity contribution in [3.8, 4) is 40.1 Å². The Morgan fingerprint density at radius 3 is 1.96 bits per heavy atom. The summed E-state index contributed by atoms with van der Waals surface area (Å²) in [5.74, 6) is -2.63. The van der Waals surface area contributed by atoms with E-state index in [1.54, 1.807) is 0 Å². The zero-order chi connectivity index (χ0) is 39.3. The van der Waals surface area contributed by atoms with Crippen molar-refractivity contribution in [3.05, 3.63) is 40.6 Å². The minimum atomic E-state index is -2.02. The molecule has 6 rings (SSSR count). The molecule has 3 fully saturated rings. The maximum atomic E-state index is 14.2. The van der Waals surface area contributed by atoms with Crippen molar-refractivity contribution in [2.75, 3.05) is 13.7 Å². The van der Waals surface area contributed by atoms with Crippen LogP contribution in [0, 0.1) is 0 Å². The fraction of sp³-hybridized carbons (Fsp3) is 0.559. The Labute approximate surface area is 305 Å². The molecule has 298 valence electrons. The van der Waals surface area contributed by atoms with Crippen molar-refractivity contribution in [1.29, 1.82) is 0 Å². The van der Waals surface area contributed by atoms with Gasteiger partial charge in [0.2, 0.25) is 17.5 Å².